The molecular formula is C13H14N2O4. The topological polar surface area (TPSA) is 101 Å². The number of aryl methyl sites for hydroxylation is 1. The maximum absolute atomic E-state index is 12.2. The summed E-state index contributed by atoms with van der Waals surface area (Å²) in [6, 6.07) is 4.18. The number of aliphatic carboxylic acids is 1. The number of carbonyl (C=O) groups is 3. The Morgan fingerprint density at radius 3 is 2.68 bits per heavy atom. The second-order valence-corrected chi connectivity index (χ2v) is 4.55. The van der Waals surface area contributed by atoms with Crippen LogP contribution in [-0.2, 0) is 16.1 Å². The van der Waals surface area contributed by atoms with Gasteiger partial charge in [-0.2, -0.15) is 0 Å². The van der Waals surface area contributed by atoms with Crippen LogP contribution in [0, 0.1) is 6.92 Å². The van der Waals surface area contributed by atoms with E-state index in [2.05, 4.69) is 0 Å². The zero-order valence-corrected chi connectivity index (χ0v) is 10.4. The van der Waals surface area contributed by atoms with Crippen LogP contribution in [0.4, 0.5) is 0 Å². The van der Waals surface area contributed by atoms with E-state index < -0.39 is 24.3 Å². The van der Waals surface area contributed by atoms with Gasteiger partial charge >= 0.3 is 5.97 Å². The fourth-order valence-corrected chi connectivity index (χ4v) is 2.29. The smallest absolute Gasteiger partial charge is 0.305 e. The highest BCUT2D eigenvalue weighted by molar-refractivity contribution is 6.01. The van der Waals surface area contributed by atoms with Crippen molar-refractivity contribution < 1.29 is 19.5 Å². The lowest BCUT2D eigenvalue weighted by molar-refractivity contribution is -0.140. The van der Waals surface area contributed by atoms with Crippen molar-refractivity contribution in [1.29, 1.82) is 0 Å². The summed E-state index contributed by atoms with van der Waals surface area (Å²) in [6.45, 7) is 2.09. The molecule has 0 fully saturated rings. The quantitative estimate of drug-likeness (QED) is 0.813. The number of benzene rings is 1. The monoisotopic (exact) mass is 262 g/mol. The van der Waals surface area contributed by atoms with Gasteiger partial charge in [-0.1, -0.05) is 12.1 Å². The maximum atomic E-state index is 12.2. The van der Waals surface area contributed by atoms with Crippen LogP contribution in [0.25, 0.3) is 0 Å². The minimum atomic E-state index is -1.16. The van der Waals surface area contributed by atoms with E-state index in [1.807, 2.05) is 13.0 Å². The minimum absolute atomic E-state index is 0.224. The number of hydrogen-bond acceptors (Lipinski definition) is 3. The molecule has 0 saturated heterocycles. The molecule has 1 aliphatic rings. The largest absolute Gasteiger partial charge is 0.481 e. The molecule has 100 valence electrons. The predicted octanol–water partition coefficient (Wildman–Crippen LogP) is 0.279. The Hall–Kier alpha value is -2.37. The third kappa shape index (κ3) is 2.29. The van der Waals surface area contributed by atoms with Crippen molar-refractivity contribution in [2.75, 3.05) is 0 Å². The van der Waals surface area contributed by atoms with Crippen LogP contribution in [0.2, 0.25) is 0 Å². The molecule has 1 unspecified atom stereocenters. The number of nitrogens with zero attached hydrogens (tertiary/aromatic N) is 1. The molecule has 0 bridgehead atoms. The number of hydrogen-bond donors (Lipinski definition) is 2. The summed E-state index contributed by atoms with van der Waals surface area (Å²) >= 11 is 0. The lowest BCUT2D eigenvalue weighted by Crippen LogP contribution is -2.46. The molecule has 0 aliphatic carbocycles. The molecule has 1 atom stereocenters. The van der Waals surface area contributed by atoms with E-state index in [-0.39, 0.29) is 12.5 Å². The number of rotatable bonds is 4. The zero-order chi connectivity index (χ0) is 14.2. The van der Waals surface area contributed by atoms with Crippen LogP contribution in [0.1, 0.15) is 27.9 Å². The van der Waals surface area contributed by atoms with E-state index in [4.69, 9.17) is 10.8 Å². The minimum Gasteiger partial charge on any atom is -0.481 e. The second kappa shape index (κ2) is 4.72. The van der Waals surface area contributed by atoms with Gasteiger partial charge in [0.05, 0.1) is 6.42 Å². The third-order valence-corrected chi connectivity index (χ3v) is 3.30. The Bertz CT molecular complexity index is 568. The standard InChI is InChI=1S/C13H14N2O4/c1-7-3-2-4-8-9(7)6-15(13(8)19)10(12(14)18)5-11(16)17/h2-4,10H,5-6H2,1H3,(H2,14,18)(H,16,17). The van der Waals surface area contributed by atoms with E-state index in [1.54, 1.807) is 12.1 Å². The van der Waals surface area contributed by atoms with Crippen molar-refractivity contribution in [3.8, 4) is 0 Å². The summed E-state index contributed by atoms with van der Waals surface area (Å²) in [5.41, 5.74) is 7.47. The van der Waals surface area contributed by atoms with Crippen LogP contribution >= 0.6 is 0 Å². The molecule has 3 N–H and O–H groups in total. The summed E-state index contributed by atoms with van der Waals surface area (Å²) in [4.78, 5) is 35.6. The fraction of sp³-hybridized carbons (Fsp3) is 0.308. The number of carbonyl (C=O) groups excluding carboxylic acids is 2. The van der Waals surface area contributed by atoms with Gasteiger partial charge in [-0.25, -0.2) is 0 Å². The Labute approximate surface area is 109 Å². The van der Waals surface area contributed by atoms with Gasteiger partial charge in [0.25, 0.3) is 5.91 Å². The van der Waals surface area contributed by atoms with E-state index >= 15 is 0 Å². The molecule has 1 aliphatic heterocycles. The fourth-order valence-electron chi connectivity index (χ4n) is 2.29. The number of fused-ring (bicyclic) bond motifs is 1. The third-order valence-electron chi connectivity index (χ3n) is 3.30. The average molecular weight is 262 g/mol. The summed E-state index contributed by atoms with van der Waals surface area (Å²) in [7, 11) is 0. The molecule has 6 nitrogen and oxygen atoms in total. The molecule has 0 radical (unpaired) electrons. The molecule has 6 heteroatoms. The Balaban J connectivity index is 2.34. The molecule has 0 saturated carbocycles. The normalized spacial score (nSPS) is 15.2. The van der Waals surface area contributed by atoms with E-state index in [9.17, 15) is 14.4 Å². The predicted molar refractivity (Wildman–Crippen MR) is 66.3 cm³/mol. The van der Waals surface area contributed by atoms with Gasteiger partial charge in [0.2, 0.25) is 5.91 Å². The molecule has 1 heterocycles. The van der Waals surface area contributed by atoms with Gasteiger partial charge in [-0.3, -0.25) is 14.4 Å². The molecule has 0 aromatic heterocycles. The summed E-state index contributed by atoms with van der Waals surface area (Å²) in [6.07, 6.45) is -0.478. The van der Waals surface area contributed by atoms with Gasteiger partial charge in [0, 0.05) is 12.1 Å². The van der Waals surface area contributed by atoms with Crippen molar-refractivity contribution >= 4 is 17.8 Å². The summed E-state index contributed by atoms with van der Waals surface area (Å²) in [5.74, 6) is -2.31. The van der Waals surface area contributed by atoms with Gasteiger partial charge in [0.15, 0.2) is 0 Å². The summed E-state index contributed by atoms with van der Waals surface area (Å²) in [5, 5.41) is 8.81. The van der Waals surface area contributed by atoms with Crippen LogP contribution in [-0.4, -0.2) is 33.8 Å². The first-order chi connectivity index (χ1) is 8.91. The molecule has 1 aromatic rings. The highest BCUT2D eigenvalue weighted by Crippen LogP contribution is 2.27. The van der Waals surface area contributed by atoms with Crippen molar-refractivity contribution in [3.05, 3.63) is 34.9 Å². The number of primary amides is 1. The number of carboxylic acids is 1. The highest BCUT2D eigenvalue weighted by atomic mass is 16.4. The first-order valence-electron chi connectivity index (χ1n) is 5.82. The Morgan fingerprint density at radius 2 is 2.16 bits per heavy atom. The number of nitrogens with two attached hydrogens (primary N) is 1. The zero-order valence-electron chi connectivity index (χ0n) is 10.4. The lowest BCUT2D eigenvalue weighted by Gasteiger charge is -2.23. The molecule has 19 heavy (non-hydrogen) atoms. The van der Waals surface area contributed by atoms with E-state index in [0.717, 1.165) is 11.1 Å². The van der Waals surface area contributed by atoms with E-state index in [0.29, 0.717) is 5.56 Å². The highest BCUT2D eigenvalue weighted by Gasteiger charge is 2.37. The maximum Gasteiger partial charge on any atom is 0.305 e. The van der Waals surface area contributed by atoms with Crippen LogP contribution in [0.3, 0.4) is 0 Å². The molecule has 2 amide bonds. The van der Waals surface area contributed by atoms with Gasteiger partial charge in [-0.15, -0.1) is 0 Å². The van der Waals surface area contributed by atoms with E-state index in [1.165, 1.54) is 4.90 Å². The van der Waals surface area contributed by atoms with Crippen LogP contribution in [0.15, 0.2) is 18.2 Å². The van der Waals surface area contributed by atoms with Gasteiger partial charge in [0.1, 0.15) is 6.04 Å². The van der Waals surface area contributed by atoms with Gasteiger partial charge in [-0.05, 0) is 24.1 Å². The molecular weight excluding hydrogens is 248 g/mol. The summed E-state index contributed by atoms with van der Waals surface area (Å²) < 4.78 is 0. The second-order valence-electron chi connectivity index (χ2n) is 4.55. The number of carboxylic acid groups (broad SMARTS) is 1. The molecule has 1 aromatic carbocycles. The molecule has 0 spiro atoms. The molecule has 2 rings (SSSR count). The van der Waals surface area contributed by atoms with Crippen molar-refractivity contribution in [2.45, 2.75) is 25.9 Å². The first kappa shape index (κ1) is 13.1. The van der Waals surface area contributed by atoms with Gasteiger partial charge < -0.3 is 15.7 Å². The van der Waals surface area contributed by atoms with Crippen molar-refractivity contribution in [1.82, 2.24) is 4.90 Å². The Morgan fingerprint density at radius 1 is 1.47 bits per heavy atom. The lowest BCUT2D eigenvalue weighted by atomic mass is 10.1. The Kier molecular flexibility index (Phi) is 3.25. The van der Waals surface area contributed by atoms with Crippen LogP contribution in [0.5, 0.6) is 0 Å². The van der Waals surface area contributed by atoms with Crippen LogP contribution < -0.4 is 5.73 Å². The van der Waals surface area contributed by atoms with Crippen molar-refractivity contribution in [3.63, 3.8) is 0 Å². The SMILES string of the molecule is Cc1cccc2c1CN(C(CC(=O)O)C(N)=O)C2=O. The number of amides is 2. The van der Waals surface area contributed by atoms with Crippen molar-refractivity contribution in [2.24, 2.45) is 5.73 Å². The first-order valence-corrected chi connectivity index (χ1v) is 5.82. The average Bonchev–Trinajstić information content (AvgIpc) is 2.65.